The number of nitrogens with one attached hydrogen (secondary N) is 1. The van der Waals surface area contributed by atoms with Gasteiger partial charge in [0.1, 0.15) is 5.56 Å². The molecule has 3 aromatic rings. The van der Waals surface area contributed by atoms with Crippen molar-refractivity contribution in [3.05, 3.63) is 60.2 Å². The number of para-hydroxylation sites is 2. The Kier molecular flexibility index (Phi) is 3.39. The zero-order valence-electron chi connectivity index (χ0n) is 11.9. The normalized spacial score (nSPS) is 10.6. The Morgan fingerprint density at radius 1 is 1.00 bits per heavy atom. The molecule has 0 unspecified atom stereocenters. The van der Waals surface area contributed by atoms with Gasteiger partial charge < -0.3 is 10.4 Å². The Balaban J connectivity index is 2.13. The molecule has 1 aromatic heterocycles. The van der Waals surface area contributed by atoms with Crippen LogP contribution in [0.1, 0.15) is 22.1 Å². The molecule has 110 valence electrons. The van der Waals surface area contributed by atoms with Gasteiger partial charge in [-0.2, -0.15) is 0 Å². The maximum Gasteiger partial charge on any atom is 0.261 e. The molecule has 0 bridgehead atoms. The van der Waals surface area contributed by atoms with Crippen molar-refractivity contribution in [2.75, 3.05) is 5.32 Å². The van der Waals surface area contributed by atoms with E-state index in [1.54, 1.807) is 48.5 Å². The van der Waals surface area contributed by atoms with Gasteiger partial charge in [-0.15, -0.1) is 0 Å². The van der Waals surface area contributed by atoms with Crippen molar-refractivity contribution in [2.24, 2.45) is 0 Å². The second-order valence-corrected chi connectivity index (χ2v) is 4.89. The molecule has 0 spiro atoms. The smallest absolute Gasteiger partial charge is 0.261 e. The molecule has 1 amide bonds. The minimum atomic E-state index is -0.458. The van der Waals surface area contributed by atoms with E-state index in [2.05, 4.69) is 5.32 Å². The number of rotatable bonds is 2. The van der Waals surface area contributed by atoms with Crippen molar-refractivity contribution in [2.45, 2.75) is 6.92 Å². The topological polar surface area (TPSA) is 71.3 Å². The third kappa shape index (κ3) is 2.22. The number of amides is 1. The molecule has 5 nitrogen and oxygen atoms in total. The van der Waals surface area contributed by atoms with E-state index in [0.29, 0.717) is 16.6 Å². The Morgan fingerprint density at radius 2 is 1.64 bits per heavy atom. The number of anilines is 1. The van der Waals surface area contributed by atoms with Gasteiger partial charge in [-0.25, -0.2) is 4.57 Å². The molecule has 0 aliphatic rings. The van der Waals surface area contributed by atoms with E-state index in [-0.39, 0.29) is 17.4 Å². The van der Waals surface area contributed by atoms with Crippen LogP contribution in [-0.2, 0) is 0 Å². The number of fused-ring (bicyclic) bond motifs is 1. The van der Waals surface area contributed by atoms with Crippen molar-refractivity contribution in [3.63, 3.8) is 0 Å². The number of benzene rings is 2. The SMILES string of the molecule is CC(=O)n1c(O)c(C(=O)Nc2ccccc2)c2ccccc21. The van der Waals surface area contributed by atoms with E-state index >= 15 is 0 Å². The molecule has 0 aliphatic carbocycles. The number of aromatic hydroxyl groups is 1. The Labute approximate surface area is 126 Å². The van der Waals surface area contributed by atoms with Crippen molar-refractivity contribution in [1.82, 2.24) is 4.57 Å². The predicted octanol–water partition coefficient (Wildman–Crippen LogP) is 3.26. The van der Waals surface area contributed by atoms with Crippen LogP contribution in [0.25, 0.3) is 10.9 Å². The maximum absolute atomic E-state index is 12.5. The second-order valence-electron chi connectivity index (χ2n) is 4.89. The summed E-state index contributed by atoms with van der Waals surface area (Å²) in [6.07, 6.45) is 0. The zero-order valence-corrected chi connectivity index (χ0v) is 11.9. The van der Waals surface area contributed by atoms with Crippen LogP contribution in [0, 0.1) is 0 Å². The average Bonchev–Trinajstić information content (AvgIpc) is 2.80. The summed E-state index contributed by atoms with van der Waals surface area (Å²) in [6.45, 7) is 1.34. The maximum atomic E-state index is 12.5. The number of nitrogens with zero attached hydrogens (tertiary/aromatic N) is 1. The van der Waals surface area contributed by atoms with Gasteiger partial charge in [-0.3, -0.25) is 9.59 Å². The van der Waals surface area contributed by atoms with Crippen LogP contribution in [0.5, 0.6) is 5.88 Å². The highest BCUT2D eigenvalue weighted by Gasteiger charge is 2.23. The van der Waals surface area contributed by atoms with Gasteiger partial charge >= 0.3 is 0 Å². The van der Waals surface area contributed by atoms with E-state index in [1.807, 2.05) is 6.07 Å². The van der Waals surface area contributed by atoms with Gasteiger partial charge in [0, 0.05) is 18.0 Å². The third-order valence-corrected chi connectivity index (χ3v) is 3.42. The number of aromatic nitrogens is 1. The average molecular weight is 294 g/mol. The molecule has 2 aromatic carbocycles. The molecule has 3 rings (SSSR count). The van der Waals surface area contributed by atoms with Crippen LogP contribution in [0.2, 0.25) is 0 Å². The van der Waals surface area contributed by atoms with Gasteiger partial charge in [0.05, 0.1) is 5.52 Å². The molecule has 1 heterocycles. The van der Waals surface area contributed by atoms with Gasteiger partial charge in [0.2, 0.25) is 11.8 Å². The molecule has 2 N–H and O–H groups in total. The minimum Gasteiger partial charge on any atom is -0.494 e. The summed E-state index contributed by atoms with van der Waals surface area (Å²) >= 11 is 0. The van der Waals surface area contributed by atoms with Crippen molar-refractivity contribution >= 4 is 28.4 Å². The lowest BCUT2D eigenvalue weighted by atomic mass is 10.1. The Hall–Kier alpha value is -3.08. The molecule has 0 fully saturated rings. The van der Waals surface area contributed by atoms with Crippen LogP contribution in [0.3, 0.4) is 0 Å². The molecule has 0 radical (unpaired) electrons. The van der Waals surface area contributed by atoms with Crippen LogP contribution in [-0.4, -0.2) is 21.5 Å². The lowest BCUT2D eigenvalue weighted by Gasteiger charge is -2.05. The van der Waals surface area contributed by atoms with E-state index in [0.717, 1.165) is 4.57 Å². The quantitative estimate of drug-likeness (QED) is 0.762. The van der Waals surface area contributed by atoms with Gasteiger partial charge in [-0.05, 0) is 18.2 Å². The number of carbonyl (C=O) groups is 2. The van der Waals surface area contributed by atoms with Crippen LogP contribution in [0.15, 0.2) is 54.6 Å². The first-order chi connectivity index (χ1) is 10.6. The fraction of sp³-hybridized carbons (Fsp3) is 0.0588. The molecule has 0 atom stereocenters. The second kappa shape index (κ2) is 5.37. The summed E-state index contributed by atoms with van der Waals surface area (Å²) in [5.41, 5.74) is 1.21. The van der Waals surface area contributed by atoms with Crippen molar-refractivity contribution < 1.29 is 14.7 Å². The van der Waals surface area contributed by atoms with Gasteiger partial charge in [0.15, 0.2) is 0 Å². The standard InChI is InChI=1S/C17H14N2O3/c1-11(20)19-14-10-6-5-9-13(14)15(17(19)22)16(21)18-12-7-3-2-4-8-12/h2-10,22H,1H3,(H,18,21). The lowest BCUT2D eigenvalue weighted by molar-refractivity contribution is 0.0933. The first-order valence-corrected chi connectivity index (χ1v) is 6.79. The molecular formula is C17H14N2O3. The molecule has 0 aliphatic heterocycles. The molecular weight excluding hydrogens is 280 g/mol. The van der Waals surface area contributed by atoms with Crippen LogP contribution in [0.4, 0.5) is 5.69 Å². The predicted molar refractivity (Wildman–Crippen MR) is 84.3 cm³/mol. The third-order valence-electron chi connectivity index (χ3n) is 3.42. The van der Waals surface area contributed by atoms with E-state index < -0.39 is 5.91 Å². The van der Waals surface area contributed by atoms with Crippen LogP contribution >= 0.6 is 0 Å². The fourth-order valence-corrected chi connectivity index (χ4v) is 2.48. The van der Waals surface area contributed by atoms with E-state index in [4.69, 9.17) is 0 Å². The number of carbonyl (C=O) groups excluding carboxylic acids is 2. The first-order valence-electron chi connectivity index (χ1n) is 6.79. The fourth-order valence-electron chi connectivity index (χ4n) is 2.48. The molecule has 5 heteroatoms. The molecule has 22 heavy (non-hydrogen) atoms. The molecule has 0 saturated heterocycles. The van der Waals surface area contributed by atoms with Crippen LogP contribution < -0.4 is 5.32 Å². The summed E-state index contributed by atoms with van der Waals surface area (Å²) in [7, 11) is 0. The largest absolute Gasteiger partial charge is 0.494 e. The lowest BCUT2D eigenvalue weighted by Crippen LogP contribution is -2.12. The highest BCUT2D eigenvalue weighted by molar-refractivity contribution is 6.16. The van der Waals surface area contributed by atoms with E-state index in [9.17, 15) is 14.7 Å². The first kappa shape index (κ1) is 13.9. The van der Waals surface area contributed by atoms with Gasteiger partial charge in [0.25, 0.3) is 5.91 Å². The summed E-state index contributed by atoms with van der Waals surface area (Å²) < 4.78 is 1.13. The Morgan fingerprint density at radius 3 is 2.32 bits per heavy atom. The summed E-state index contributed by atoms with van der Waals surface area (Å²) in [6, 6.07) is 15.8. The minimum absolute atomic E-state index is 0.0923. The van der Waals surface area contributed by atoms with Crippen molar-refractivity contribution in [1.29, 1.82) is 0 Å². The monoisotopic (exact) mass is 294 g/mol. The number of hydrogen-bond acceptors (Lipinski definition) is 3. The zero-order chi connectivity index (χ0) is 15.7. The molecule has 0 saturated carbocycles. The summed E-state index contributed by atoms with van der Waals surface area (Å²) in [5.74, 6) is -1.16. The summed E-state index contributed by atoms with van der Waals surface area (Å²) in [5, 5.41) is 13.6. The highest BCUT2D eigenvalue weighted by Crippen LogP contribution is 2.31. The Bertz CT molecular complexity index is 866. The summed E-state index contributed by atoms with van der Waals surface area (Å²) in [4.78, 5) is 24.2. The van der Waals surface area contributed by atoms with E-state index in [1.165, 1.54) is 6.92 Å². The highest BCUT2D eigenvalue weighted by atomic mass is 16.3. The van der Waals surface area contributed by atoms with Crippen molar-refractivity contribution in [3.8, 4) is 5.88 Å². The number of hydrogen-bond donors (Lipinski definition) is 2. The van der Waals surface area contributed by atoms with Gasteiger partial charge in [-0.1, -0.05) is 36.4 Å².